The van der Waals surface area contributed by atoms with E-state index in [0.717, 1.165) is 5.39 Å². The third kappa shape index (κ3) is 2.46. The molecule has 2 aromatic rings. The van der Waals surface area contributed by atoms with Crippen molar-refractivity contribution in [3.8, 4) is 0 Å². The fourth-order valence-corrected chi connectivity index (χ4v) is 2.15. The van der Waals surface area contributed by atoms with E-state index in [1.807, 2.05) is 18.2 Å². The second-order valence-electron chi connectivity index (χ2n) is 3.93. The van der Waals surface area contributed by atoms with Crippen molar-refractivity contribution in [2.24, 2.45) is 0 Å². The topological polar surface area (TPSA) is 79.5 Å². The van der Waals surface area contributed by atoms with E-state index in [2.05, 4.69) is 6.58 Å². The fourth-order valence-electron chi connectivity index (χ4n) is 1.74. The van der Waals surface area contributed by atoms with Crippen molar-refractivity contribution in [3.05, 3.63) is 47.1 Å². The monoisotopic (exact) mass is 279 g/mol. The van der Waals surface area contributed by atoms with Crippen molar-refractivity contribution in [1.82, 2.24) is 4.89 Å². The van der Waals surface area contributed by atoms with Crippen molar-refractivity contribution in [1.29, 1.82) is 0 Å². The zero-order chi connectivity index (χ0) is 14.0. The van der Waals surface area contributed by atoms with Crippen LogP contribution in [0.1, 0.15) is 18.2 Å². The molecule has 5 nitrogen and oxygen atoms in total. The molecular weight excluding hydrogens is 266 g/mol. The van der Waals surface area contributed by atoms with Crippen LogP contribution in [0.15, 0.2) is 40.2 Å². The van der Waals surface area contributed by atoms with Gasteiger partial charge < -0.3 is 9.62 Å². The Balaban J connectivity index is 2.69. The fraction of sp³-hybridized carbons (Fsp3) is 0.0769. The quantitative estimate of drug-likeness (QED) is 0.843. The van der Waals surface area contributed by atoms with Gasteiger partial charge in [-0.1, -0.05) is 29.7 Å². The molecule has 0 bridgehead atoms. The van der Waals surface area contributed by atoms with Crippen LogP contribution in [0.25, 0.3) is 23.1 Å². The highest BCUT2D eigenvalue weighted by molar-refractivity contribution is 7.93. The number of nitrogens with one attached hydrogen (secondary N) is 1. The normalized spacial score (nSPS) is 12.8. The Hall–Kier alpha value is -1.89. The van der Waals surface area contributed by atoms with E-state index in [-0.39, 0.29) is 4.91 Å². The maximum absolute atomic E-state index is 11.5. The van der Waals surface area contributed by atoms with Gasteiger partial charge in [-0.2, -0.15) is 0 Å². The van der Waals surface area contributed by atoms with Crippen LogP contribution in [0, 0.1) is 0 Å². The van der Waals surface area contributed by atoms with Gasteiger partial charge in [-0.05, 0) is 25.1 Å². The molecule has 0 spiro atoms. The Kier molecular flexibility index (Phi) is 3.57. The zero-order valence-corrected chi connectivity index (χ0v) is 11.1. The summed E-state index contributed by atoms with van der Waals surface area (Å²) in [6.07, 6.45) is 2.94. The van der Waals surface area contributed by atoms with Crippen LogP contribution in [0.3, 0.4) is 0 Å². The Bertz CT molecular complexity index is 756. The van der Waals surface area contributed by atoms with Crippen molar-refractivity contribution < 1.29 is 18.0 Å². The van der Waals surface area contributed by atoms with Crippen molar-refractivity contribution >= 4 is 33.1 Å². The number of sulfonamides is 1. The molecule has 0 saturated heterocycles. The van der Waals surface area contributed by atoms with E-state index < -0.39 is 10.0 Å². The maximum atomic E-state index is 11.5. The summed E-state index contributed by atoms with van der Waals surface area (Å²) in [5.74, 6) is 0.480. The molecule has 1 aromatic carbocycles. The lowest BCUT2D eigenvalue weighted by molar-refractivity contribution is 0.244. The van der Waals surface area contributed by atoms with Crippen LogP contribution in [0.2, 0.25) is 0 Å². The van der Waals surface area contributed by atoms with E-state index >= 15 is 0 Å². The van der Waals surface area contributed by atoms with Crippen LogP contribution in [0.4, 0.5) is 0 Å². The third-order valence-corrected chi connectivity index (χ3v) is 3.95. The first-order valence-corrected chi connectivity index (χ1v) is 6.96. The predicted octanol–water partition coefficient (Wildman–Crippen LogP) is 2.75. The minimum atomic E-state index is -3.88. The van der Waals surface area contributed by atoms with Gasteiger partial charge in [-0.3, -0.25) is 0 Å². The average molecular weight is 279 g/mol. The molecular formula is C13H13NO4S. The molecule has 0 atom stereocenters. The maximum Gasteiger partial charge on any atom is 0.258 e. The molecule has 2 N–H and O–H groups in total. The molecule has 0 aliphatic carbocycles. The molecule has 0 aliphatic heterocycles. The highest BCUT2D eigenvalue weighted by Crippen LogP contribution is 2.29. The molecule has 1 heterocycles. The van der Waals surface area contributed by atoms with Gasteiger partial charge in [0.2, 0.25) is 0 Å². The van der Waals surface area contributed by atoms with Crippen LogP contribution < -0.4 is 4.89 Å². The second kappa shape index (κ2) is 5.00. The lowest BCUT2D eigenvalue weighted by Crippen LogP contribution is -2.19. The van der Waals surface area contributed by atoms with E-state index in [4.69, 9.17) is 9.62 Å². The molecule has 0 aliphatic rings. The Labute approximate surface area is 110 Å². The lowest BCUT2D eigenvalue weighted by atomic mass is 10.1. The first-order valence-electron chi connectivity index (χ1n) is 5.48. The molecule has 0 amide bonds. The standard InChI is InChI=1S/C13H13NO4S/c1-3-12-11(8-9(2)19(16,17)14-15)10-6-4-5-7-13(10)18-12/h3-8,14-15H,1H2,2H3/b9-8+. The zero-order valence-electron chi connectivity index (χ0n) is 10.3. The number of hydrogen-bond acceptors (Lipinski definition) is 4. The Morgan fingerprint density at radius 1 is 1.42 bits per heavy atom. The van der Waals surface area contributed by atoms with Crippen LogP contribution in [-0.2, 0) is 10.0 Å². The number of hydrogen-bond donors (Lipinski definition) is 2. The highest BCUT2D eigenvalue weighted by Gasteiger charge is 2.15. The van der Waals surface area contributed by atoms with Crippen molar-refractivity contribution in [3.63, 3.8) is 0 Å². The summed E-state index contributed by atoms with van der Waals surface area (Å²) in [5.41, 5.74) is 1.26. The van der Waals surface area contributed by atoms with Gasteiger partial charge in [0.05, 0.1) is 4.91 Å². The summed E-state index contributed by atoms with van der Waals surface area (Å²) in [7, 11) is -3.88. The SMILES string of the molecule is C=Cc1oc2ccccc2c1/C=C(\C)S(=O)(=O)NO. The van der Waals surface area contributed by atoms with Gasteiger partial charge >= 0.3 is 0 Å². The molecule has 0 unspecified atom stereocenters. The van der Waals surface area contributed by atoms with Crippen molar-refractivity contribution in [2.75, 3.05) is 0 Å². The number of benzene rings is 1. The molecule has 2 rings (SSSR count). The number of para-hydroxylation sites is 1. The van der Waals surface area contributed by atoms with Crippen LogP contribution in [0.5, 0.6) is 0 Å². The smallest absolute Gasteiger partial charge is 0.258 e. The van der Waals surface area contributed by atoms with Crippen LogP contribution >= 0.6 is 0 Å². The molecule has 0 saturated carbocycles. The molecule has 6 heteroatoms. The molecule has 0 fully saturated rings. The van der Waals surface area contributed by atoms with Gasteiger partial charge in [0.25, 0.3) is 10.0 Å². The largest absolute Gasteiger partial charge is 0.456 e. The highest BCUT2D eigenvalue weighted by atomic mass is 32.2. The van der Waals surface area contributed by atoms with E-state index in [9.17, 15) is 8.42 Å². The Morgan fingerprint density at radius 2 is 2.11 bits per heavy atom. The number of fused-ring (bicyclic) bond motifs is 1. The molecule has 100 valence electrons. The summed E-state index contributed by atoms with van der Waals surface area (Å²) < 4.78 is 28.5. The third-order valence-electron chi connectivity index (χ3n) is 2.74. The van der Waals surface area contributed by atoms with E-state index in [1.165, 1.54) is 24.0 Å². The minimum Gasteiger partial charge on any atom is -0.456 e. The molecule has 0 radical (unpaired) electrons. The van der Waals surface area contributed by atoms with E-state index in [1.54, 1.807) is 6.07 Å². The number of allylic oxidation sites excluding steroid dienone is 1. The summed E-state index contributed by atoms with van der Waals surface area (Å²) in [5, 5.41) is 9.39. The lowest BCUT2D eigenvalue weighted by Gasteiger charge is -2.01. The van der Waals surface area contributed by atoms with Crippen molar-refractivity contribution in [2.45, 2.75) is 6.92 Å². The summed E-state index contributed by atoms with van der Waals surface area (Å²) in [6, 6.07) is 7.26. The minimum absolute atomic E-state index is 0.0235. The first kappa shape index (κ1) is 13.5. The van der Waals surface area contributed by atoms with Gasteiger partial charge in [0, 0.05) is 10.9 Å². The van der Waals surface area contributed by atoms with Gasteiger partial charge in [-0.25, -0.2) is 8.42 Å². The predicted molar refractivity (Wildman–Crippen MR) is 73.8 cm³/mol. The van der Waals surface area contributed by atoms with Gasteiger partial charge in [0.1, 0.15) is 11.3 Å². The average Bonchev–Trinajstić information content (AvgIpc) is 2.77. The summed E-state index contributed by atoms with van der Waals surface area (Å²) >= 11 is 0. The molecule has 1 aromatic heterocycles. The first-order chi connectivity index (χ1) is 8.99. The second-order valence-corrected chi connectivity index (χ2v) is 5.76. The van der Waals surface area contributed by atoms with Gasteiger partial charge in [0.15, 0.2) is 0 Å². The molecule has 19 heavy (non-hydrogen) atoms. The van der Waals surface area contributed by atoms with Crippen LogP contribution in [-0.4, -0.2) is 13.6 Å². The Morgan fingerprint density at radius 3 is 2.74 bits per heavy atom. The summed E-state index contributed by atoms with van der Waals surface area (Å²) in [4.78, 5) is 1.26. The van der Waals surface area contributed by atoms with E-state index in [0.29, 0.717) is 16.9 Å². The number of rotatable bonds is 4. The van der Waals surface area contributed by atoms with Gasteiger partial charge in [-0.15, -0.1) is 0 Å². The number of furan rings is 1. The summed E-state index contributed by atoms with van der Waals surface area (Å²) in [6.45, 7) is 5.02.